The fraction of sp³-hybridized carbons (Fsp3) is 0.286. The number of hydrogen-bond donors (Lipinski definition) is 1. The first-order valence-electron chi connectivity index (χ1n) is 5.81. The molecule has 0 radical (unpaired) electrons. The van der Waals surface area contributed by atoms with Gasteiger partial charge in [-0.1, -0.05) is 35.3 Å². The lowest BCUT2D eigenvalue weighted by molar-refractivity contribution is 0.136. The van der Waals surface area contributed by atoms with Crippen LogP contribution in [0.25, 0.3) is 0 Å². The van der Waals surface area contributed by atoms with E-state index in [1.807, 2.05) is 36.4 Å². The summed E-state index contributed by atoms with van der Waals surface area (Å²) in [5.41, 5.74) is 1.02. The predicted octanol–water partition coefficient (Wildman–Crippen LogP) is 4.82. The number of rotatable bonds is 3. The van der Waals surface area contributed by atoms with E-state index in [0.29, 0.717) is 0 Å². The van der Waals surface area contributed by atoms with Crippen molar-refractivity contribution in [3.05, 3.63) is 56.2 Å². The van der Waals surface area contributed by atoms with Gasteiger partial charge < -0.3 is 5.11 Å². The van der Waals surface area contributed by atoms with Crippen LogP contribution in [0.2, 0.25) is 9.36 Å². The van der Waals surface area contributed by atoms with Gasteiger partial charge in [-0.2, -0.15) is 0 Å². The van der Waals surface area contributed by atoms with Crippen molar-refractivity contribution in [1.82, 2.24) is 0 Å². The lowest BCUT2D eigenvalue weighted by Crippen LogP contribution is -2.17. The second kappa shape index (κ2) is 4.53. The van der Waals surface area contributed by atoms with Gasteiger partial charge in [-0.05, 0) is 42.7 Å². The van der Waals surface area contributed by atoms with Crippen LogP contribution in [-0.4, -0.2) is 5.11 Å². The summed E-state index contributed by atoms with van der Waals surface area (Å²) in [4.78, 5) is 0.937. The molecule has 2 aromatic rings. The van der Waals surface area contributed by atoms with Gasteiger partial charge in [-0.25, -0.2) is 0 Å². The zero-order valence-corrected chi connectivity index (χ0v) is 11.9. The average Bonchev–Trinajstić information content (AvgIpc) is 3.06. The van der Waals surface area contributed by atoms with E-state index in [1.165, 1.54) is 11.3 Å². The Hall–Kier alpha value is -0.540. The first kappa shape index (κ1) is 12.5. The van der Waals surface area contributed by atoms with Gasteiger partial charge in [-0.3, -0.25) is 0 Å². The topological polar surface area (TPSA) is 20.2 Å². The molecule has 0 bridgehead atoms. The Morgan fingerprint density at radius 1 is 1.06 bits per heavy atom. The monoisotopic (exact) mass is 298 g/mol. The second-order valence-electron chi connectivity index (χ2n) is 4.71. The van der Waals surface area contributed by atoms with E-state index in [1.54, 1.807) is 0 Å². The molecule has 1 unspecified atom stereocenters. The zero-order valence-electron chi connectivity index (χ0n) is 9.57. The molecule has 1 fully saturated rings. The molecule has 94 valence electrons. The molecule has 1 aliphatic carbocycles. The highest BCUT2D eigenvalue weighted by Gasteiger charge is 2.51. The summed E-state index contributed by atoms with van der Waals surface area (Å²) in [5.74, 6) is 0. The van der Waals surface area contributed by atoms with Crippen molar-refractivity contribution < 1.29 is 5.11 Å². The number of halogens is 2. The Morgan fingerprint density at radius 3 is 2.22 bits per heavy atom. The van der Waals surface area contributed by atoms with Crippen LogP contribution in [0.5, 0.6) is 0 Å². The second-order valence-corrected chi connectivity index (χ2v) is 6.89. The molecule has 18 heavy (non-hydrogen) atoms. The van der Waals surface area contributed by atoms with E-state index in [-0.39, 0.29) is 5.41 Å². The van der Waals surface area contributed by atoms with E-state index >= 15 is 0 Å². The lowest BCUT2D eigenvalue weighted by Gasteiger charge is -2.21. The predicted molar refractivity (Wildman–Crippen MR) is 76.7 cm³/mol. The van der Waals surface area contributed by atoms with Crippen LogP contribution in [0.15, 0.2) is 36.4 Å². The van der Waals surface area contributed by atoms with Crippen LogP contribution in [-0.2, 0) is 5.41 Å². The molecule has 1 aromatic heterocycles. The van der Waals surface area contributed by atoms with E-state index in [0.717, 1.165) is 32.6 Å². The molecule has 1 heterocycles. The Kier molecular flexibility index (Phi) is 3.15. The summed E-state index contributed by atoms with van der Waals surface area (Å²) in [6.45, 7) is 0. The molecule has 1 atom stereocenters. The molecule has 1 N–H and O–H groups in total. The number of aliphatic hydroxyl groups excluding tert-OH is 1. The maximum Gasteiger partial charge on any atom is 0.0978 e. The highest BCUT2D eigenvalue weighted by atomic mass is 35.5. The van der Waals surface area contributed by atoms with Gasteiger partial charge in [0, 0.05) is 15.3 Å². The lowest BCUT2D eigenvalue weighted by atomic mass is 9.89. The summed E-state index contributed by atoms with van der Waals surface area (Å²) in [7, 11) is 0. The zero-order chi connectivity index (χ0) is 12.8. The maximum absolute atomic E-state index is 10.6. The summed E-state index contributed by atoms with van der Waals surface area (Å²) in [5, 5.41) is 11.3. The summed E-state index contributed by atoms with van der Waals surface area (Å²) in [6.07, 6.45) is 1.53. The first-order chi connectivity index (χ1) is 8.62. The molecule has 3 rings (SSSR count). The normalized spacial score (nSPS) is 18.6. The van der Waals surface area contributed by atoms with E-state index in [4.69, 9.17) is 23.2 Å². The van der Waals surface area contributed by atoms with Crippen molar-refractivity contribution in [3.8, 4) is 0 Å². The molecule has 0 aliphatic heterocycles. The van der Waals surface area contributed by atoms with Crippen LogP contribution in [0.1, 0.15) is 29.4 Å². The fourth-order valence-corrected chi connectivity index (χ4v) is 3.67. The number of benzene rings is 1. The highest BCUT2D eigenvalue weighted by molar-refractivity contribution is 7.16. The van der Waals surface area contributed by atoms with Crippen LogP contribution < -0.4 is 0 Å². The minimum atomic E-state index is -0.476. The van der Waals surface area contributed by atoms with E-state index < -0.39 is 6.10 Å². The quantitative estimate of drug-likeness (QED) is 0.861. The smallest absolute Gasteiger partial charge is 0.0978 e. The van der Waals surface area contributed by atoms with Gasteiger partial charge >= 0.3 is 0 Å². The van der Waals surface area contributed by atoms with Crippen molar-refractivity contribution in [1.29, 1.82) is 0 Å². The molecule has 1 aromatic carbocycles. The third-order valence-corrected chi connectivity index (χ3v) is 5.13. The molecule has 0 amide bonds. The van der Waals surface area contributed by atoms with Gasteiger partial charge in [0.15, 0.2) is 0 Å². The first-order valence-corrected chi connectivity index (χ1v) is 7.38. The molecular weight excluding hydrogens is 287 g/mol. The van der Waals surface area contributed by atoms with Crippen molar-refractivity contribution in [2.75, 3.05) is 0 Å². The molecule has 0 saturated heterocycles. The number of hydrogen-bond acceptors (Lipinski definition) is 2. The molecule has 0 spiro atoms. The Labute approximate surface area is 120 Å². The number of aliphatic hydroxyl groups is 1. The SMILES string of the molecule is OC(c1ccc(Cl)s1)C1(c2ccc(Cl)cc2)CC1. The molecule has 1 saturated carbocycles. The van der Waals surface area contributed by atoms with Crippen molar-refractivity contribution in [2.24, 2.45) is 0 Å². The fourth-order valence-electron chi connectivity index (χ4n) is 2.38. The van der Waals surface area contributed by atoms with Crippen LogP contribution >= 0.6 is 34.5 Å². The highest BCUT2D eigenvalue weighted by Crippen LogP contribution is 2.57. The summed E-state index contributed by atoms with van der Waals surface area (Å²) in [6, 6.07) is 11.5. The van der Waals surface area contributed by atoms with Crippen molar-refractivity contribution in [2.45, 2.75) is 24.4 Å². The third kappa shape index (κ3) is 2.08. The van der Waals surface area contributed by atoms with Crippen LogP contribution in [0.3, 0.4) is 0 Å². The van der Waals surface area contributed by atoms with Crippen molar-refractivity contribution in [3.63, 3.8) is 0 Å². The Bertz CT molecular complexity index is 557. The molecule has 4 heteroatoms. The van der Waals surface area contributed by atoms with Gasteiger partial charge in [0.05, 0.1) is 10.4 Å². The van der Waals surface area contributed by atoms with Crippen molar-refractivity contribution >= 4 is 34.5 Å². The standard InChI is InChI=1S/C14H12Cl2OS/c15-10-3-1-9(2-4-10)14(7-8-14)13(17)11-5-6-12(16)18-11/h1-6,13,17H,7-8H2. The Morgan fingerprint density at radius 2 is 1.72 bits per heavy atom. The summed E-state index contributed by atoms with van der Waals surface area (Å²) >= 11 is 13.3. The maximum atomic E-state index is 10.6. The Balaban J connectivity index is 1.93. The molecular formula is C14H12Cl2OS. The third-order valence-electron chi connectivity index (χ3n) is 3.59. The largest absolute Gasteiger partial charge is 0.387 e. The van der Waals surface area contributed by atoms with Gasteiger partial charge in [0.2, 0.25) is 0 Å². The molecule has 1 aliphatic rings. The van der Waals surface area contributed by atoms with Crippen LogP contribution in [0, 0.1) is 0 Å². The summed E-state index contributed by atoms with van der Waals surface area (Å²) < 4.78 is 0.718. The number of thiophene rings is 1. The average molecular weight is 299 g/mol. The molecule has 1 nitrogen and oxygen atoms in total. The minimum absolute atomic E-state index is 0.140. The van der Waals surface area contributed by atoms with E-state index in [2.05, 4.69) is 0 Å². The van der Waals surface area contributed by atoms with Gasteiger partial charge in [-0.15, -0.1) is 11.3 Å². The minimum Gasteiger partial charge on any atom is -0.387 e. The van der Waals surface area contributed by atoms with Gasteiger partial charge in [0.25, 0.3) is 0 Å². The van der Waals surface area contributed by atoms with Gasteiger partial charge in [0.1, 0.15) is 0 Å². The van der Waals surface area contributed by atoms with Crippen LogP contribution in [0.4, 0.5) is 0 Å². The van der Waals surface area contributed by atoms with E-state index in [9.17, 15) is 5.11 Å².